The van der Waals surface area contributed by atoms with Crippen molar-refractivity contribution in [1.29, 1.82) is 0 Å². The van der Waals surface area contributed by atoms with Gasteiger partial charge in [0.25, 0.3) is 0 Å². The summed E-state index contributed by atoms with van der Waals surface area (Å²) in [5.41, 5.74) is 0. The van der Waals surface area contributed by atoms with Crippen molar-refractivity contribution >= 4 is 12.3 Å². The molecule has 3 N–H and O–H groups in total. The molecule has 0 aliphatic heterocycles. The summed E-state index contributed by atoms with van der Waals surface area (Å²) in [6, 6.07) is -0.168. The molecule has 0 bridgehead atoms. The summed E-state index contributed by atoms with van der Waals surface area (Å²) in [4.78, 5) is 21.0. The van der Waals surface area contributed by atoms with Crippen LogP contribution in [0.2, 0.25) is 0 Å². The topological polar surface area (TPSA) is 70.2 Å². The Bertz CT molecular complexity index is 161. The third kappa shape index (κ3) is 5.19. The SMILES string of the molecule is CNC(=O)C(CCCNC=O)NC. The maximum atomic E-state index is 11.1. The van der Waals surface area contributed by atoms with Gasteiger partial charge in [0.2, 0.25) is 12.3 Å². The number of carbonyl (C=O) groups is 2. The highest BCUT2D eigenvalue weighted by atomic mass is 16.2. The molecule has 0 saturated carbocycles. The van der Waals surface area contributed by atoms with Crippen molar-refractivity contribution in [1.82, 2.24) is 16.0 Å². The third-order valence-corrected chi connectivity index (χ3v) is 1.81. The van der Waals surface area contributed by atoms with Crippen LogP contribution in [0, 0.1) is 0 Å². The Hall–Kier alpha value is -1.10. The summed E-state index contributed by atoms with van der Waals surface area (Å²) in [6.45, 7) is 0.610. The number of amides is 2. The van der Waals surface area contributed by atoms with Crippen LogP contribution in [0.3, 0.4) is 0 Å². The number of hydrogen-bond acceptors (Lipinski definition) is 3. The zero-order valence-electron chi connectivity index (χ0n) is 8.09. The van der Waals surface area contributed by atoms with Gasteiger partial charge in [-0.15, -0.1) is 0 Å². The van der Waals surface area contributed by atoms with Gasteiger partial charge in [-0.25, -0.2) is 0 Å². The minimum atomic E-state index is -0.168. The number of rotatable bonds is 7. The fraction of sp³-hybridized carbons (Fsp3) is 0.750. The van der Waals surface area contributed by atoms with Gasteiger partial charge in [0.05, 0.1) is 6.04 Å². The lowest BCUT2D eigenvalue weighted by atomic mass is 10.1. The molecule has 76 valence electrons. The number of likely N-dealkylation sites (N-methyl/N-ethyl adjacent to an activating group) is 2. The van der Waals surface area contributed by atoms with E-state index < -0.39 is 0 Å². The first kappa shape index (κ1) is 11.9. The van der Waals surface area contributed by atoms with E-state index in [1.54, 1.807) is 14.1 Å². The van der Waals surface area contributed by atoms with E-state index in [9.17, 15) is 9.59 Å². The standard InChI is InChI=1S/C8H17N3O2/c1-9-7(8(13)10-2)4-3-5-11-6-12/h6-7,9H,3-5H2,1-2H3,(H,10,13)(H,11,12). The number of nitrogens with one attached hydrogen (secondary N) is 3. The van der Waals surface area contributed by atoms with Crippen molar-refractivity contribution in [3.8, 4) is 0 Å². The van der Waals surface area contributed by atoms with Crippen molar-refractivity contribution in [2.45, 2.75) is 18.9 Å². The third-order valence-electron chi connectivity index (χ3n) is 1.81. The lowest BCUT2D eigenvalue weighted by molar-refractivity contribution is -0.122. The second-order valence-electron chi connectivity index (χ2n) is 2.67. The second-order valence-corrected chi connectivity index (χ2v) is 2.67. The van der Waals surface area contributed by atoms with Crippen molar-refractivity contribution in [3.63, 3.8) is 0 Å². The summed E-state index contributed by atoms with van der Waals surface area (Å²) in [5, 5.41) is 8.01. The average molecular weight is 187 g/mol. The van der Waals surface area contributed by atoms with Gasteiger partial charge in [0.15, 0.2) is 0 Å². The average Bonchev–Trinajstić information content (AvgIpc) is 2.17. The summed E-state index contributed by atoms with van der Waals surface area (Å²) in [6.07, 6.45) is 2.17. The van der Waals surface area contributed by atoms with Gasteiger partial charge in [-0.3, -0.25) is 9.59 Å². The quantitative estimate of drug-likeness (QED) is 0.348. The smallest absolute Gasteiger partial charge is 0.236 e. The molecule has 0 aromatic rings. The van der Waals surface area contributed by atoms with Gasteiger partial charge in [-0.1, -0.05) is 0 Å². The Morgan fingerprint density at radius 3 is 2.62 bits per heavy atom. The maximum Gasteiger partial charge on any atom is 0.236 e. The van der Waals surface area contributed by atoms with E-state index in [0.29, 0.717) is 13.0 Å². The highest BCUT2D eigenvalue weighted by Gasteiger charge is 2.13. The molecule has 0 aromatic heterocycles. The van der Waals surface area contributed by atoms with Crippen molar-refractivity contribution < 1.29 is 9.59 Å². The van der Waals surface area contributed by atoms with Gasteiger partial charge in [-0.2, -0.15) is 0 Å². The summed E-state index contributed by atoms with van der Waals surface area (Å²) in [5.74, 6) is -0.0198. The molecule has 0 heterocycles. The lowest BCUT2D eigenvalue weighted by Gasteiger charge is -2.13. The van der Waals surface area contributed by atoms with E-state index >= 15 is 0 Å². The van der Waals surface area contributed by atoms with E-state index in [2.05, 4.69) is 16.0 Å². The highest BCUT2D eigenvalue weighted by molar-refractivity contribution is 5.81. The molecule has 2 amide bonds. The van der Waals surface area contributed by atoms with E-state index in [0.717, 1.165) is 12.8 Å². The first-order valence-corrected chi connectivity index (χ1v) is 4.32. The Morgan fingerprint density at radius 1 is 1.46 bits per heavy atom. The van der Waals surface area contributed by atoms with Crippen LogP contribution in [0.15, 0.2) is 0 Å². The Balaban J connectivity index is 3.59. The summed E-state index contributed by atoms with van der Waals surface area (Å²) >= 11 is 0. The molecule has 5 nitrogen and oxygen atoms in total. The largest absolute Gasteiger partial charge is 0.359 e. The van der Waals surface area contributed by atoms with Crippen LogP contribution in [0.1, 0.15) is 12.8 Å². The first-order chi connectivity index (χ1) is 6.26. The predicted octanol–water partition coefficient (Wildman–Crippen LogP) is -1.15. The molecule has 0 radical (unpaired) electrons. The molecule has 0 fully saturated rings. The lowest BCUT2D eigenvalue weighted by Crippen LogP contribution is -2.41. The van der Waals surface area contributed by atoms with Crippen molar-refractivity contribution in [2.75, 3.05) is 20.6 Å². The van der Waals surface area contributed by atoms with E-state index in [-0.39, 0.29) is 11.9 Å². The van der Waals surface area contributed by atoms with Crippen molar-refractivity contribution in [2.24, 2.45) is 0 Å². The molecule has 13 heavy (non-hydrogen) atoms. The zero-order chi connectivity index (χ0) is 10.1. The molecule has 1 atom stereocenters. The summed E-state index contributed by atoms with van der Waals surface area (Å²) < 4.78 is 0. The Labute approximate surface area is 78.3 Å². The molecular formula is C8H17N3O2. The number of carbonyl (C=O) groups excluding carboxylic acids is 2. The second kappa shape index (κ2) is 7.54. The minimum Gasteiger partial charge on any atom is -0.359 e. The minimum absolute atomic E-state index is 0.0198. The normalized spacial score (nSPS) is 11.8. The Kier molecular flexibility index (Phi) is 6.91. The van der Waals surface area contributed by atoms with Crippen molar-refractivity contribution in [3.05, 3.63) is 0 Å². The number of hydrogen-bond donors (Lipinski definition) is 3. The van der Waals surface area contributed by atoms with Crippen LogP contribution >= 0.6 is 0 Å². The van der Waals surface area contributed by atoms with Crippen LogP contribution < -0.4 is 16.0 Å². The molecule has 0 aromatic carbocycles. The fourth-order valence-corrected chi connectivity index (χ4v) is 1.05. The van der Waals surface area contributed by atoms with Crippen LogP contribution in [0.25, 0.3) is 0 Å². The van der Waals surface area contributed by atoms with Gasteiger partial charge in [-0.05, 0) is 19.9 Å². The maximum absolute atomic E-state index is 11.1. The predicted molar refractivity (Wildman–Crippen MR) is 50.2 cm³/mol. The Morgan fingerprint density at radius 2 is 2.15 bits per heavy atom. The molecule has 0 aliphatic rings. The van der Waals surface area contributed by atoms with Gasteiger partial charge in [0.1, 0.15) is 0 Å². The first-order valence-electron chi connectivity index (χ1n) is 4.32. The molecule has 5 heteroatoms. The summed E-state index contributed by atoms with van der Waals surface area (Å²) in [7, 11) is 3.35. The molecule has 0 spiro atoms. The highest BCUT2D eigenvalue weighted by Crippen LogP contribution is 1.95. The molecule has 1 unspecified atom stereocenters. The molecule has 0 saturated heterocycles. The monoisotopic (exact) mass is 187 g/mol. The molecule has 0 rings (SSSR count). The fourth-order valence-electron chi connectivity index (χ4n) is 1.05. The molecular weight excluding hydrogens is 170 g/mol. The zero-order valence-corrected chi connectivity index (χ0v) is 8.09. The van der Waals surface area contributed by atoms with Crippen LogP contribution in [-0.2, 0) is 9.59 Å². The van der Waals surface area contributed by atoms with Gasteiger partial charge < -0.3 is 16.0 Å². The van der Waals surface area contributed by atoms with Gasteiger partial charge in [0, 0.05) is 13.6 Å². The van der Waals surface area contributed by atoms with Crippen LogP contribution in [0.4, 0.5) is 0 Å². The van der Waals surface area contributed by atoms with Crippen LogP contribution in [-0.4, -0.2) is 39.0 Å². The van der Waals surface area contributed by atoms with Crippen LogP contribution in [0.5, 0.6) is 0 Å². The van der Waals surface area contributed by atoms with E-state index in [4.69, 9.17) is 0 Å². The molecule has 0 aliphatic carbocycles. The van der Waals surface area contributed by atoms with E-state index in [1.165, 1.54) is 0 Å². The van der Waals surface area contributed by atoms with E-state index in [1.807, 2.05) is 0 Å². The van der Waals surface area contributed by atoms with Gasteiger partial charge >= 0.3 is 0 Å².